The number of carbonyl (C=O) groups is 2. The average Bonchev–Trinajstić information content (AvgIpc) is 3.50. The molecule has 3 rings (SSSR count). The summed E-state index contributed by atoms with van der Waals surface area (Å²) in [5.41, 5.74) is 1.12. The Morgan fingerprint density at radius 1 is 1.26 bits per heavy atom. The second-order valence-corrected chi connectivity index (χ2v) is 7.45. The van der Waals surface area contributed by atoms with Gasteiger partial charge in [0.25, 0.3) is 0 Å². The van der Waals surface area contributed by atoms with Crippen molar-refractivity contribution in [2.24, 2.45) is 5.92 Å². The third-order valence-corrected chi connectivity index (χ3v) is 5.10. The fourth-order valence-corrected chi connectivity index (χ4v) is 3.30. The van der Waals surface area contributed by atoms with Gasteiger partial charge in [0.15, 0.2) is 0 Å². The monoisotopic (exact) mass is 373 g/mol. The highest BCUT2D eigenvalue weighted by molar-refractivity contribution is 6.47. The molecule has 6 nitrogen and oxygen atoms in total. The number of fused-ring (bicyclic) bond motifs is 1. The molecule has 1 aromatic carbocycles. The molecule has 1 amide bonds. The molecule has 1 heterocycles. The number of benzene rings is 1. The van der Waals surface area contributed by atoms with Crippen molar-refractivity contribution < 1.29 is 24.0 Å². The standard InChI is InChI=1S/C20H28BNO5/c1-2-3-4-5-6-12-26-20(24)16-9-7-8-15-13-17(21(25)27-18(15)16)22-19(23)14-10-11-14/h7-9,14,17,25H,2-6,10-13H2,1H3,(H,22,23)/t17-/m0/s1. The van der Waals surface area contributed by atoms with Gasteiger partial charge < -0.3 is 19.7 Å². The van der Waals surface area contributed by atoms with Crippen LogP contribution in [0.25, 0.3) is 0 Å². The van der Waals surface area contributed by atoms with E-state index < -0.39 is 19.0 Å². The lowest BCUT2D eigenvalue weighted by molar-refractivity contribution is -0.122. The van der Waals surface area contributed by atoms with Crippen molar-refractivity contribution in [2.75, 3.05) is 6.61 Å². The van der Waals surface area contributed by atoms with Crippen molar-refractivity contribution in [2.45, 2.75) is 64.2 Å². The molecule has 1 fully saturated rings. The van der Waals surface area contributed by atoms with E-state index in [9.17, 15) is 14.6 Å². The number of hydrogen-bond donors (Lipinski definition) is 2. The third-order valence-electron chi connectivity index (χ3n) is 5.10. The van der Waals surface area contributed by atoms with Crippen LogP contribution in [0.1, 0.15) is 67.8 Å². The molecule has 2 N–H and O–H groups in total. The Kier molecular flexibility index (Phi) is 6.77. The molecule has 0 saturated heterocycles. The van der Waals surface area contributed by atoms with Crippen LogP contribution in [0.3, 0.4) is 0 Å². The first kappa shape index (κ1) is 19.7. The molecule has 0 unspecified atom stereocenters. The van der Waals surface area contributed by atoms with Crippen molar-refractivity contribution >= 4 is 19.0 Å². The summed E-state index contributed by atoms with van der Waals surface area (Å²) in [6.45, 7) is 2.55. The summed E-state index contributed by atoms with van der Waals surface area (Å²) in [6.07, 6.45) is 7.65. The number of hydrogen-bond acceptors (Lipinski definition) is 5. The Morgan fingerprint density at radius 2 is 2.04 bits per heavy atom. The minimum absolute atomic E-state index is 0.0373. The summed E-state index contributed by atoms with van der Waals surface area (Å²) in [5.74, 6) is -0.551. The minimum atomic E-state index is -1.18. The molecule has 1 aromatic rings. The highest BCUT2D eigenvalue weighted by Crippen LogP contribution is 2.32. The quantitative estimate of drug-likeness (QED) is 0.395. The summed E-state index contributed by atoms with van der Waals surface area (Å²) in [7, 11) is -1.18. The summed E-state index contributed by atoms with van der Waals surface area (Å²) < 4.78 is 11.0. The second kappa shape index (κ2) is 9.26. The largest absolute Gasteiger partial charge is 0.547 e. The van der Waals surface area contributed by atoms with E-state index in [0.717, 1.165) is 37.7 Å². The molecule has 27 heavy (non-hydrogen) atoms. The van der Waals surface area contributed by atoms with Crippen LogP contribution in [0.15, 0.2) is 18.2 Å². The number of ether oxygens (including phenoxy) is 1. The molecular formula is C20H28BNO5. The van der Waals surface area contributed by atoms with Gasteiger partial charge in [0.05, 0.1) is 12.5 Å². The van der Waals surface area contributed by atoms with Crippen LogP contribution in [0.2, 0.25) is 0 Å². The molecular weight excluding hydrogens is 345 g/mol. The maximum absolute atomic E-state index is 12.4. The van der Waals surface area contributed by atoms with Crippen LogP contribution in [0.5, 0.6) is 5.75 Å². The Labute approximate surface area is 160 Å². The Balaban J connectivity index is 1.57. The van der Waals surface area contributed by atoms with Crippen LogP contribution in [-0.4, -0.2) is 36.6 Å². The van der Waals surface area contributed by atoms with Gasteiger partial charge in [0.2, 0.25) is 5.91 Å². The molecule has 146 valence electrons. The smallest absolute Gasteiger partial charge is 0.534 e. The van der Waals surface area contributed by atoms with E-state index in [1.807, 2.05) is 6.07 Å². The summed E-state index contributed by atoms with van der Waals surface area (Å²) in [4.78, 5) is 24.4. The van der Waals surface area contributed by atoms with E-state index in [4.69, 9.17) is 9.39 Å². The van der Waals surface area contributed by atoms with Gasteiger partial charge in [-0.15, -0.1) is 0 Å². The van der Waals surface area contributed by atoms with Crippen LogP contribution in [0.4, 0.5) is 0 Å². The molecule has 0 spiro atoms. The van der Waals surface area contributed by atoms with E-state index in [1.54, 1.807) is 12.1 Å². The van der Waals surface area contributed by atoms with Gasteiger partial charge in [0.1, 0.15) is 11.3 Å². The van der Waals surface area contributed by atoms with Crippen molar-refractivity contribution in [3.05, 3.63) is 29.3 Å². The van der Waals surface area contributed by atoms with E-state index in [-0.39, 0.29) is 11.8 Å². The molecule has 1 aliphatic carbocycles. The van der Waals surface area contributed by atoms with E-state index in [1.165, 1.54) is 12.8 Å². The van der Waals surface area contributed by atoms with Crippen molar-refractivity contribution in [1.82, 2.24) is 5.32 Å². The molecule has 0 bridgehead atoms. The highest BCUT2D eigenvalue weighted by Gasteiger charge is 2.40. The number of para-hydroxylation sites is 1. The third kappa shape index (κ3) is 5.25. The van der Waals surface area contributed by atoms with Gasteiger partial charge in [-0.25, -0.2) is 4.79 Å². The highest BCUT2D eigenvalue weighted by atomic mass is 16.5. The molecule has 1 aliphatic heterocycles. The zero-order valence-electron chi connectivity index (χ0n) is 15.9. The summed E-state index contributed by atoms with van der Waals surface area (Å²) >= 11 is 0. The number of rotatable bonds is 9. The summed E-state index contributed by atoms with van der Waals surface area (Å²) in [5, 5.41) is 13.1. The van der Waals surface area contributed by atoms with Crippen LogP contribution < -0.4 is 9.97 Å². The topological polar surface area (TPSA) is 84.9 Å². The zero-order valence-corrected chi connectivity index (χ0v) is 15.9. The van der Waals surface area contributed by atoms with Gasteiger partial charge in [0, 0.05) is 5.92 Å². The number of carbonyl (C=O) groups excluding carboxylic acids is 2. The van der Waals surface area contributed by atoms with Gasteiger partial charge in [-0.3, -0.25) is 4.79 Å². The Morgan fingerprint density at radius 3 is 2.78 bits per heavy atom. The van der Waals surface area contributed by atoms with Crippen LogP contribution in [0, 0.1) is 5.92 Å². The maximum Gasteiger partial charge on any atom is 0.547 e. The first-order valence-corrected chi connectivity index (χ1v) is 10.0. The predicted octanol–water partition coefficient (Wildman–Crippen LogP) is 2.66. The molecule has 7 heteroatoms. The molecule has 2 aliphatic rings. The van der Waals surface area contributed by atoms with Gasteiger partial charge in [-0.1, -0.05) is 44.7 Å². The second-order valence-electron chi connectivity index (χ2n) is 7.45. The summed E-state index contributed by atoms with van der Waals surface area (Å²) in [6, 6.07) is 5.27. The normalized spacial score (nSPS) is 18.4. The van der Waals surface area contributed by atoms with E-state index in [0.29, 0.717) is 24.3 Å². The number of nitrogens with one attached hydrogen (secondary N) is 1. The van der Waals surface area contributed by atoms with Crippen molar-refractivity contribution in [3.8, 4) is 5.75 Å². The molecule has 1 saturated carbocycles. The van der Waals surface area contributed by atoms with Crippen molar-refractivity contribution in [1.29, 1.82) is 0 Å². The maximum atomic E-state index is 12.4. The first-order valence-electron chi connectivity index (χ1n) is 10.0. The Bertz CT molecular complexity index is 676. The van der Waals surface area contributed by atoms with E-state index in [2.05, 4.69) is 12.2 Å². The zero-order chi connectivity index (χ0) is 19.2. The first-order chi connectivity index (χ1) is 13.1. The molecule has 1 atom stereocenters. The molecule has 0 radical (unpaired) electrons. The van der Waals surface area contributed by atoms with Gasteiger partial charge >= 0.3 is 13.1 Å². The average molecular weight is 373 g/mol. The number of esters is 1. The fourth-order valence-electron chi connectivity index (χ4n) is 3.30. The number of unbranched alkanes of at least 4 members (excludes halogenated alkanes) is 4. The van der Waals surface area contributed by atoms with Crippen molar-refractivity contribution in [3.63, 3.8) is 0 Å². The van der Waals surface area contributed by atoms with Crippen LogP contribution in [-0.2, 0) is 16.0 Å². The lowest BCUT2D eigenvalue weighted by atomic mass is 9.72. The van der Waals surface area contributed by atoms with Gasteiger partial charge in [-0.2, -0.15) is 0 Å². The lowest BCUT2D eigenvalue weighted by Gasteiger charge is -2.29. The minimum Gasteiger partial charge on any atom is -0.534 e. The Hall–Kier alpha value is -2.02. The van der Waals surface area contributed by atoms with E-state index >= 15 is 0 Å². The SMILES string of the molecule is CCCCCCCOC(=O)c1cccc2c1OB(O)[C@@H](NC(=O)C1CC1)C2. The number of amides is 1. The van der Waals surface area contributed by atoms with Gasteiger partial charge in [-0.05, 0) is 37.3 Å². The predicted molar refractivity (Wildman–Crippen MR) is 102 cm³/mol. The molecule has 0 aromatic heterocycles. The lowest BCUT2D eigenvalue weighted by Crippen LogP contribution is -2.53. The fraction of sp³-hybridized carbons (Fsp3) is 0.600. The van der Waals surface area contributed by atoms with Crippen LogP contribution >= 0.6 is 0 Å².